The number of Topliss-reactive ketones (excluding diaryl/α,β-unsaturated/α-hetero) is 1. The number of amides is 1. The fourth-order valence-corrected chi connectivity index (χ4v) is 4.97. The summed E-state index contributed by atoms with van der Waals surface area (Å²) in [5, 5.41) is 17.4. The van der Waals surface area contributed by atoms with Crippen molar-refractivity contribution in [3.63, 3.8) is 0 Å². The van der Waals surface area contributed by atoms with Gasteiger partial charge in [-0.3, -0.25) is 9.59 Å². The lowest BCUT2D eigenvalue weighted by molar-refractivity contribution is -0.136. The Morgan fingerprint density at radius 1 is 1.11 bits per heavy atom. The van der Waals surface area contributed by atoms with Crippen molar-refractivity contribution < 1.29 is 33.7 Å². The minimum Gasteiger partial charge on any atom is -0.445 e. The van der Waals surface area contributed by atoms with Crippen LogP contribution in [0.2, 0.25) is 0 Å². The van der Waals surface area contributed by atoms with Crippen LogP contribution in [-0.2, 0) is 38.5 Å². The molecule has 2 N–H and O–H groups in total. The molecule has 0 saturated carbocycles. The Morgan fingerprint density at radius 2 is 1.82 bits per heavy atom. The van der Waals surface area contributed by atoms with Gasteiger partial charge in [0.2, 0.25) is 0 Å². The van der Waals surface area contributed by atoms with Crippen LogP contribution in [0.15, 0.2) is 49.1 Å². The van der Waals surface area contributed by atoms with Gasteiger partial charge in [-0.25, -0.2) is 4.79 Å². The number of benzene rings is 3. The lowest BCUT2D eigenvalue weighted by Gasteiger charge is -2.34. The summed E-state index contributed by atoms with van der Waals surface area (Å²) in [7, 11) is 0. The Hall–Kier alpha value is -3.75. The van der Waals surface area contributed by atoms with Crippen molar-refractivity contribution in [2.75, 3.05) is 19.8 Å². The van der Waals surface area contributed by atoms with Crippen molar-refractivity contribution >= 4 is 39.4 Å². The van der Waals surface area contributed by atoms with Gasteiger partial charge in [-0.2, -0.15) is 0 Å². The van der Waals surface area contributed by atoms with E-state index in [1.165, 1.54) is 19.9 Å². The second-order valence-electron chi connectivity index (χ2n) is 9.59. The highest BCUT2D eigenvalue weighted by Crippen LogP contribution is 2.44. The number of carbonyl (C=O) groups excluding carboxylic acids is 3. The topological polar surface area (TPSA) is 111 Å². The van der Waals surface area contributed by atoms with Gasteiger partial charge in [-0.15, -0.1) is 0 Å². The van der Waals surface area contributed by atoms with E-state index in [4.69, 9.17) is 14.2 Å². The average Bonchev–Trinajstić information content (AvgIpc) is 2.89. The highest BCUT2D eigenvalue weighted by Gasteiger charge is 2.40. The summed E-state index contributed by atoms with van der Waals surface area (Å²) in [5.74, 6) is -0.396. The number of rotatable bonds is 10. The Bertz CT molecular complexity index is 1400. The van der Waals surface area contributed by atoms with Crippen molar-refractivity contribution in [1.82, 2.24) is 5.32 Å². The zero-order valence-corrected chi connectivity index (χ0v) is 21.8. The molecule has 38 heavy (non-hydrogen) atoms. The fourth-order valence-electron chi connectivity index (χ4n) is 4.97. The zero-order chi connectivity index (χ0) is 27.3. The van der Waals surface area contributed by atoms with Crippen molar-refractivity contribution in [3.8, 4) is 5.75 Å². The zero-order valence-electron chi connectivity index (χ0n) is 21.8. The molecule has 8 heteroatoms. The molecule has 0 bridgehead atoms. The summed E-state index contributed by atoms with van der Waals surface area (Å²) >= 11 is 0. The summed E-state index contributed by atoms with van der Waals surface area (Å²) in [6.45, 7) is 7.47. The summed E-state index contributed by atoms with van der Waals surface area (Å²) in [4.78, 5) is 36.1. The van der Waals surface area contributed by atoms with Crippen LogP contribution in [0.4, 0.5) is 4.79 Å². The molecule has 1 amide bonds. The monoisotopic (exact) mass is 519 g/mol. The molecule has 0 aromatic heterocycles. The second-order valence-corrected chi connectivity index (χ2v) is 9.59. The molecule has 0 saturated heterocycles. The van der Waals surface area contributed by atoms with Crippen LogP contribution in [0, 0.1) is 0 Å². The number of esters is 1. The quantitative estimate of drug-likeness (QED) is 0.133. The summed E-state index contributed by atoms with van der Waals surface area (Å²) in [5.41, 5.74) is 1.02. The molecule has 3 aromatic rings. The van der Waals surface area contributed by atoms with Gasteiger partial charge in [0.15, 0.2) is 5.78 Å². The number of hydrogen-bond acceptors (Lipinski definition) is 7. The van der Waals surface area contributed by atoms with E-state index in [0.29, 0.717) is 37.3 Å². The molecule has 4 rings (SSSR count). The van der Waals surface area contributed by atoms with Crippen LogP contribution in [0.5, 0.6) is 5.75 Å². The normalized spacial score (nSPS) is 16.6. The van der Waals surface area contributed by atoms with E-state index in [9.17, 15) is 19.5 Å². The summed E-state index contributed by atoms with van der Waals surface area (Å²) < 4.78 is 16.7. The van der Waals surface area contributed by atoms with E-state index in [1.807, 2.05) is 30.3 Å². The number of ether oxygens (including phenoxy) is 3. The van der Waals surface area contributed by atoms with Crippen molar-refractivity contribution in [2.45, 2.75) is 51.7 Å². The number of ketones is 1. The number of alkyl carbamates (subject to hydrolysis) is 1. The van der Waals surface area contributed by atoms with Gasteiger partial charge >= 0.3 is 12.1 Å². The van der Waals surface area contributed by atoms with E-state index in [2.05, 4.69) is 18.0 Å². The molecule has 0 spiro atoms. The molecule has 8 nitrogen and oxygen atoms in total. The molecule has 3 aromatic carbocycles. The first kappa shape index (κ1) is 27.3. The van der Waals surface area contributed by atoms with Gasteiger partial charge in [0.05, 0.1) is 6.61 Å². The van der Waals surface area contributed by atoms with E-state index in [-0.39, 0.29) is 31.8 Å². The number of hydrogen-bond donors (Lipinski definition) is 2. The second kappa shape index (κ2) is 11.8. The minimum atomic E-state index is -1.52. The predicted octanol–water partition coefficient (Wildman–Crippen LogP) is 4.55. The van der Waals surface area contributed by atoms with Crippen LogP contribution >= 0.6 is 0 Å². The molecule has 0 unspecified atom stereocenters. The highest BCUT2D eigenvalue weighted by atomic mass is 16.5. The maximum atomic E-state index is 12.3. The Labute approximate surface area is 221 Å². The van der Waals surface area contributed by atoms with Crippen LogP contribution in [-0.4, -0.2) is 48.3 Å². The lowest BCUT2D eigenvalue weighted by Crippen LogP contribution is -2.43. The first-order valence-corrected chi connectivity index (χ1v) is 12.7. The third-order valence-corrected chi connectivity index (χ3v) is 6.93. The molecule has 0 heterocycles. The van der Waals surface area contributed by atoms with Gasteiger partial charge in [0.1, 0.15) is 18.0 Å². The van der Waals surface area contributed by atoms with Gasteiger partial charge in [0, 0.05) is 37.4 Å². The summed E-state index contributed by atoms with van der Waals surface area (Å²) in [6.07, 6.45) is 2.36. The number of aliphatic hydroxyl groups is 1. The van der Waals surface area contributed by atoms with E-state index >= 15 is 0 Å². The van der Waals surface area contributed by atoms with Crippen LogP contribution in [0.1, 0.15) is 43.4 Å². The van der Waals surface area contributed by atoms with E-state index in [0.717, 1.165) is 32.7 Å². The van der Waals surface area contributed by atoms with Crippen LogP contribution < -0.4 is 10.1 Å². The third-order valence-electron chi connectivity index (χ3n) is 6.93. The standard InChI is InChI=1S/C30H33NO7/c1-4-13-37-29(34)31-12-7-14-36-18-27-23-10-11-30(35,19(2)32)17-26(23)28(38-20(3)33)25-16-22-9-6-5-8-21(22)15-24(25)27/h4-6,8-9,15-16,35H,1,7,10-14,17-18H2,2-3H3,(H,31,34)/t30-/m1/s1. The lowest BCUT2D eigenvalue weighted by atomic mass is 9.75. The van der Waals surface area contributed by atoms with Crippen LogP contribution in [0.3, 0.4) is 0 Å². The third kappa shape index (κ3) is 5.87. The predicted molar refractivity (Wildman–Crippen MR) is 144 cm³/mol. The Kier molecular flexibility index (Phi) is 8.44. The molecular formula is C30H33NO7. The van der Waals surface area contributed by atoms with Crippen molar-refractivity contribution in [3.05, 3.63) is 65.7 Å². The minimum absolute atomic E-state index is 0.0623. The molecule has 0 fully saturated rings. The number of nitrogens with one attached hydrogen (secondary N) is 1. The maximum absolute atomic E-state index is 12.3. The average molecular weight is 520 g/mol. The van der Waals surface area contributed by atoms with Gasteiger partial charge in [-0.05, 0) is 65.6 Å². The first-order valence-electron chi connectivity index (χ1n) is 12.7. The smallest absolute Gasteiger partial charge is 0.407 e. The van der Waals surface area contributed by atoms with Gasteiger partial charge in [0.25, 0.3) is 0 Å². The van der Waals surface area contributed by atoms with Crippen molar-refractivity contribution in [1.29, 1.82) is 0 Å². The molecule has 0 aliphatic heterocycles. The highest BCUT2D eigenvalue weighted by molar-refractivity contribution is 6.04. The van der Waals surface area contributed by atoms with Gasteiger partial charge in [-0.1, -0.05) is 36.9 Å². The Morgan fingerprint density at radius 3 is 2.47 bits per heavy atom. The van der Waals surface area contributed by atoms with E-state index in [1.54, 1.807) is 0 Å². The number of fused-ring (bicyclic) bond motifs is 3. The summed E-state index contributed by atoms with van der Waals surface area (Å²) in [6, 6.07) is 12.0. The molecule has 1 aliphatic rings. The molecular weight excluding hydrogens is 486 g/mol. The molecule has 0 radical (unpaired) electrons. The SMILES string of the molecule is C=CCOC(=O)NCCCOCc1c2c(c(OC(C)=O)c3cc4ccccc4cc13)C[C@@](O)(C(C)=O)CC2. The largest absolute Gasteiger partial charge is 0.445 e. The Balaban J connectivity index is 1.70. The van der Waals surface area contributed by atoms with Gasteiger partial charge < -0.3 is 24.6 Å². The molecule has 1 atom stereocenters. The van der Waals surface area contributed by atoms with Crippen LogP contribution in [0.25, 0.3) is 21.5 Å². The number of carbonyl (C=O) groups is 3. The van der Waals surface area contributed by atoms with Crippen molar-refractivity contribution in [2.24, 2.45) is 0 Å². The first-order chi connectivity index (χ1) is 18.2. The maximum Gasteiger partial charge on any atom is 0.407 e. The molecule has 200 valence electrons. The molecule has 1 aliphatic carbocycles. The fraction of sp³-hybridized carbons (Fsp3) is 0.367. The van der Waals surface area contributed by atoms with E-state index < -0.39 is 17.7 Å².